The van der Waals surface area contributed by atoms with E-state index in [4.69, 9.17) is 11.6 Å². The molecule has 2 aliphatic heterocycles. The summed E-state index contributed by atoms with van der Waals surface area (Å²) in [5.41, 5.74) is 2.67. The average molecular weight is 302 g/mol. The first-order chi connectivity index (χ1) is 10.2. The van der Waals surface area contributed by atoms with Crippen LogP contribution in [0.25, 0.3) is 0 Å². The standard InChI is InChI=1S/C16H16ClN3O/c1-2-10-7-14-12(8-18-10)16(19-9-15(21)20-14)11-5-3-4-6-13(11)17/h3-8,12,14H,2,9H2,1H3,(H,20,21). The number of amides is 1. The maximum Gasteiger partial charge on any atom is 0.242 e. The lowest BCUT2D eigenvalue weighted by Gasteiger charge is -2.25. The van der Waals surface area contributed by atoms with E-state index in [9.17, 15) is 4.79 Å². The fourth-order valence-electron chi connectivity index (χ4n) is 2.63. The third-order valence-electron chi connectivity index (χ3n) is 3.71. The van der Waals surface area contributed by atoms with E-state index in [1.165, 1.54) is 0 Å². The molecule has 0 spiro atoms. The molecule has 0 aliphatic carbocycles. The van der Waals surface area contributed by atoms with E-state index in [0.717, 1.165) is 23.4 Å². The molecule has 0 saturated heterocycles. The van der Waals surface area contributed by atoms with Gasteiger partial charge in [-0.15, -0.1) is 0 Å². The van der Waals surface area contributed by atoms with Gasteiger partial charge in [0.05, 0.1) is 17.7 Å². The zero-order valence-electron chi connectivity index (χ0n) is 11.7. The van der Waals surface area contributed by atoms with Crippen LogP contribution < -0.4 is 5.32 Å². The van der Waals surface area contributed by atoms with Crippen LogP contribution in [0, 0.1) is 5.92 Å². The quantitative estimate of drug-likeness (QED) is 0.897. The molecule has 2 aliphatic rings. The van der Waals surface area contributed by atoms with E-state index in [0.29, 0.717) is 5.02 Å². The van der Waals surface area contributed by atoms with Gasteiger partial charge in [-0.1, -0.05) is 36.7 Å². The highest BCUT2D eigenvalue weighted by atomic mass is 35.5. The number of hydrogen-bond acceptors (Lipinski definition) is 3. The summed E-state index contributed by atoms with van der Waals surface area (Å²) >= 11 is 6.29. The lowest BCUT2D eigenvalue weighted by Crippen LogP contribution is -2.42. The summed E-state index contributed by atoms with van der Waals surface area (Å²) in [5, 5.41) is 3.64. The summed E-state index contributed by atoms with van der Waals surface area (Å²) in [5.74, 6) is -0.152. The molecule has 1 N–H and O–H groups in total. The summed E-state index contributed by atoms with van der Waals surface area (Å²) < 4.78 is 0. The number of hydrogen-bond donors (Lipinski definition) is 1. The zero-order chi connectivity index (χ0) is 14.8. The van der Waals surface area contributed by atoms with Gasteiger partial charge in [-0.05, 0) is 18.6 Å². The highest BCUT2D eigenvalue weighted by molar-refractivity contribution is 6.35. The second kappa shape index (κ2) is 5.82. The van der Waals surface area contributed by atoms with Crippen molar-refractivity contribution in [2.24, 2.45) is 15.9 Å². The van der Waals surface area contributed by atoms with Crippen LogP contribution in [0.4, 0.5) is 0 Å². The Labute approximate surface area is 128 Å². The van der Waals surface area contributed by atoms with Crippen molar-refractivity contribution < 1.29 is 4.79 Å². The van der Waals surface area contributed by atoms with Crippen LogP contribution in [-0.4, -0.2) is 30.4 Å². The van der Waals surface area contributed by atoms with Crippen molar-refractivity contribution in [3.8, 4) is 0 Å². The molecule has 5 heteroatoms. The Hall–Kier alpha value is -1.94. The van der Waals surface area contributed by atoms with Crippen LogP contribution in [-0.2, 0) is 4.79 Å². The largest absolute Gasteiger partial charge is 0.347 e. The number of nitrogens with one attached hydrogen (secondary N) is 1. The van der Waals surface area contributed by atoms with Gasteiger partial charge in [-0.25, -0.2) is 0 Å². The Morgan fingerprint density at radius 2 is 2.19 bits per heavy atom. The normalized spacial score (nSPS) is 24.6. The molecular weight excluding hydrogens is 286 g/mol. The molecule has 0 bridgehead atoms. The molecule has 1 aromatic rings. The smallest absolute Gasteiger partial charge is 0.242 e. The number of fused-ring (bicyclic) bond motifs is 1. The van der Waals surface area contributed by atoms with Crippen LogP contribution in [0.1, 0.15) is 18.9 Å². The SMILES string of the molecule is CCC1=CC2NC(=O)CN=C(c3ccccc3Cl)C2C=N1. The van der Waals surface area contributed by atoms with Crippen LogP contribution in [0.2, 0.25) is 5.02 Å². The Kier molecular flexibility index (Phi) is 3.88. The highest BCUT2D eigenvalue weighted by Crippen LogP contribution is 2.25. The van der Waals surface area contributed by atoms with Crippen molar-refractivity contribution >= 4 is 29.4 Å². The first-order valence-corrected chi connectivity index (χ1v) is 7.40. The van der Waals surface area contributed by atoms with Gasteiger partial charge in [0.2, 0.25) is 5.91 Å². The summed E-state index contributed by atoms with van der Waals surface area (Å²) in [4.78, 5) is 20.8. The van der Waals surface area contributed by atoms with E-state index in [1.807, 2.05) is 43.5 Å². The number of rotatable bonds is 2. The predicted octanol–water partition coefficient (Wildman–Crippen LogP) is 2.62. The molecule has 1 aromatic carbocycles. The van der Waals surface area contributed by atoms with Crippen LogP contribution >= 0.6 is 11.6 Å². The number of aliphatic imine (C=N–C) groups is 2. The van der Waals surface area contributed by atoms with Crippen molar-refractivity contribution in [1.82, 2.24) is 5.32 Å². The lowest BCUT2D eigenvalue weighted by atomic mass is 9.88. The monoisotopic (exact) mass is 301 g/mol. The van der Waals surface area contributed by atoms with Crippen molar-refractivity contribution in [1.29, 1.82) is 0 Å². The molecule has 2 atom stereocenters. The second-order valence-corrected chi connectivity index (χ2v) is 5.50. The summed E-state index contributed by atoms with van der Waals surface area (Å²) in [7, 11) is 0. The molecule has 0 radical (unpaired) electrons. The molecule has 108 valence electrons. The van der Waals surface area contributed by atoms with Crippen molar-refractivity contribution in [2.75, 3.05) is 6.54 Å². The van der Waals surface area contributed by atoms with E-state index in [1.54, 1.807) is 0 Å². The average Bonchev–Trinajstić information content (AvgIpc) is 2.65. The van der Waals surface area contributed by atoms with Crippen LogP contribution in [0.15, 0.2) is 46.0 Å². The molecule has 3 rings (SSSR count). The molecule has 0 aromatic heterocycles. The van der Waals surface area contributed by atoms with Gasteiger partial charge < -0.3 is 5.32 Å². The van der Waals surface area contributed by atoms with E-state index in [2.05, 4.69) is 15.3 Å². The van der Waals surface area contributed by atoms with Crippen molar-refractivity contribution in [3.63, 3.8) is 0 Å². The van der Waals surface area contributed by atoms with Crippen LogP contribution in [0.3, 0.4) is 0 Å². The molecule has 1 amide bonds. The summed E-state index contributed by atoms with van der Waals surface area (Å²) in [6.45, 7) is 2.17. The molecule has 2 heterocycles. The van der Waals surface area contributed by atoms with Gasteiger partial charge in [-0.3, -0.25) is 14.8 Å². The number of halogens is 1. The number of carbonyl (C=O) groups is 1. The highest BCUT2D eigenvalue weighted by Gasteiger charge is 2.31. The first kappa shape index (κ1) is 14.0. The Morgan fingerprint density at radius 3 is 2.95 bits per heavy atom. The molecular formula is C16H16ClN3O. The minimum Gasteiger partial charge on any atom is -0.347 e. The van der Waals surface area contributed by atoms with E-state index in [-0.39, 0.29) is 24.4 Å². The fraction of sp³-hybridized carbons (Fsp3) is 0.312. The molecule has 4 nitrogen and oxygen atoms in total. The topological polar surface area (TPSA) is 53.8 Å². The third-order valence-corrected chi connectivity index (χ3v) is 4.04. The van der Waals surface area contributed by atoms with Crippen LogP contribution in [0.5, 0.6) is 0 Å². The Morgan fingerprint density at radius 1 is 1.38 bits per heavy atom. The molecule has 21 heavy (non-hydrogen) atoms. The molecule has 2 unspecified atom stereocenters. The van der Waals surface area contributed by atoms with Crippen molar-refractivity contribution in [3.05, 3.63) is 46.6 Å². The van der Waals surface area contributed by atoms with Gasteiger partial charge in [-0.2, -0.15) is 0 Å². The van der Waals surface area contributed by atoms with E-state index >= 15 is 0 Å². The maximum absolute atomic E-state index is 11.9. The van der Waals surface area contributed by atoms with Gasteiger partial charge in [0.15, 0.2) is 0 Å². The maximum atomic E-state index is 11.9. The third kappa shape index (κ3) is 2.76. The van der Waals surface area contributed by atoms with E-state index < -0.39 is 0 Å². The minimum atomic E-state index is -0.109. The fourth-order valence-corrected chi connectivity index (χ4v) is 2.86. The number of carbonyl (C=O) groups excluding carboxylic acids is 1. The van der Waals surface area contributed by atoms with Crippen molar-refractivity contribution in [2.45, 2.75) is 19.4 Å². The zero-order valence-corrected chi connectivity index (χ0v) is 12.5. The minimum absolute atomic E-state index is 0.0749. The first-order valence-electron chi connectivity index (χ1n) is 7.02. The predicted molar refractivity (Wildman–Crippen MR) is 85.1 cm³/mol. The Balaban J connectivity index is 2.04. The lowest BCUT2D eigenvalue weighted by molar-refractivity contribution is -0.120. The number of allylic oxidation sites excluding steroid dienone is 1. The summed E-state index contributed by atoms with van der Waals surface area (Å²) in [6.07, 6.45) is 4.73. The van der Waals surface area contributed by atoms with Gasteiger partial charge >= 0.3 is 0 Å². The number of benzene rings is 1. The molecule has 0 saturated carbocycles. The van der Waals surface area contributed by atoms with Gasteiger partial charge in [0.25, 0.3) is 0 Å². The van der Waals surface area contributed by atoms with Gasteiger partial charge in [0, 0.05) is 22.5 Å². The number of nitrogens with zero attached hydrogens (tertiary/aromatic N) is 2. The Bertz CT molecular complexity index is 663. The second-order valence-electron chi connectivity index (χ2n) is 5.09. The summed E-state index contributed by atoms with van der Waals surface area (Å²) in [6, 6.07) is 7.46. The van der Waals surface area contributed by atoms with Gasteiger partial charge in [0.1, 0.15) is 6.54 Å². The molecule has 0 fully saturated rings.